The Morgan fingerprint density at radius 3 is 2.31 bits per heavy atom. The number of halogens is 3. The minimum Gasteiger partial charge on any atom is -0.467 e. The van der Waals surface area contributed by atoms with Gasteiger partial charge in [0.15, 0.2) is 6.04 Å². The number of anilines is 1. The first-order chi connectivity index (χ1) is 13.8. The molecule has 8 heteroatoms. The largest absolute Gasteiger partial charge is 0.471 e. The van der Waals surface area contributed by atoms with Gasteiger partial charge in [-0.15, -0.1) is 0 Å². The second-order valence-electron chi connectivity index (χ2n) is 7.27. The third-order valence-electron chi connectivity index (χ3n) is 5.04. The first-order valence-electron chi connectivity index (χ1n) is 9.58. The molecule has 29 heavy (non-hydrogen) atoms. The normalized spacial score (nSPS) is 16.3. The van der Waals surface area contributed by atoms with Gasteiger partial charge in [0.25, 0.3) is 5.91 Å². The molecule has 0 aliphatic heterocycles. The van der Waals surface area contributed by atoms with Crippen molar-refractivity contribution in [3.05, 3.63) is 54.0 Å². The second kappa shape index (κ2) is 8.71. The average molecular weight is 408 g/mol. The van der Waals surface area contributed by atoms with E-state index in [1.54, 1.807) is 19.1 Å². The number of aryl methyl sites for hydroxylation is 1. The molecule has 1 aromatic carbocycles. The van der Waals surface area contributed by atoms with Gasteiger partial charge in [0.05, 0.1) is 6.26 Å². The monoisotopic (exact) mass is 408 g/mol. The van der Waals surface area contributed by atoms with Crippen LogP contribution in [0.5, 0.6) is 0 Å². The van der Waals surface area contributed by atoms with Crippen molar-refractivity contribution in [3.63, 3.8) is 0 Å². The highest BCUT2D eigenvalue weighted by molar-refractivity contribution is 6.03. The predicted octanol–water partition coefficient (Wildman–Crippen LogP) is 4.67. The van der Waals surface area contributed by atoms with E-state index >= 15 is 0 Å². The highest BCUT2D eigenvalue weighted by Gasteiger charge is 2.48. The van der Waals surface area contributed by atoms with Crippen LogP contribution < -0.4 is 10.2 Å². The van der Waals surface area contributed by atoms with Crippen molar-refractivity contribution >= 4 is 17.5 Å². The third kappa shape index (κ3) is 4.99. The molecule has 0 unspecified atom stereocenters. The molecule has 0 radical (unpaired) electrons. The van der Waals surface area contributed by atoms with Crippen molar-refractivity contribution in [3.8, 4) is 0 Å². The van der Waals surface area contributed by atoms with Crippen LogP contribution in [0.1, 0.15) is 49.5 Å². The number of hydrogen-bond acceptors (Lipinski definition) is 3. The van der Waals surface area contributed by atoms with E-state index in [9.17, 15) is 22.8 Å². The molecule has 1 aliphatic rings. The molecule has 2 amide bonds. The van der Waals surface area contributed by atoms with E-state index in [0.717, 1.165) is 37.7 Å². The SMILES string of the molecule is Cc1ccc(N(C(=O)C(F)(F)F)[C@H](C(=O)NC2CCCCC2)c2ccco2)cc1. The van der Waals surface area contributed by atoms with Gasteiger partial charge in [0.1, 0.15) is 5.76 Å². The van der Waals surface area contributed by atoms with Crippen molar-refractivity contribution < 1.29 is 27.2 Å². The zero-order valence-corrected chi connectivity index (χ0v) is 16.0. The molecule has 1 atom stereocenters. The summed E-state index contributed by atoms with van der Waals surface area (Å²) in [6, 6.07) is 7.13. The van der Waals surface area contributed by atoms with E-state index in [0.29, 0.717) is 4.90 Å². The summed E-state index contributed by atoms with van der Waals surface area (Å²) in [6.45, 7) is 1.78. The Bertz CT molecular complexity index is 826. The maximum Gasteiger partial charge on any atom is 0.471 e. The fourth-order valence-electron chi connectivity index (χ4n) is 3.57. The van der Waals surface area contributed by atoms with Gasteiger partial charge >= 0.3 is 12.1 Å². The molecule has 3 rings (SSSR count). The van der Waals surface area contributed by atoms with Crippen molar-refractivity contribution in [1.82, 2.24) is 5.32 Å². The van der Waals surface area contributed by atoms with Crippen LogP contribution in [0.15, 0.2) is 47.1 Å². The lowest BCUT2D eigenvalue weighted by Crippen LogP contribution is -2.50. The number of carbonyl (C=O) groups is 2. The lowest BCUT2D eigenvalue weighted by molar-refractivity contribution is -0.171. The average Bonchev–Trinajstić information content (AvgIpc) is 3.20. The molecular weight excluding hydrogens is 385 g/mol. The zero-order chi connectivity index (χ0) is 21.0. The van der Waals surface area contributed by atoms with Crippen LogP contribution in [0.25, 0.3) is 0 Å². The molecule has 1 aromatic heterocycles. The van der Waals surface area contributed by atoms with Gasteiger partial charge in [-0.1, -0.05) is 37.0 Å². The van der Waals surface area contributed by atoms with Crippen LogP contribution in [-0.2, 0) is 9.59 Å². The van der Waals surface area contributed by atoms with E-state index in [-0.39, 0.29) is 17.5 Å². The molecule has 2 aromatic rings. The van der Waals surface area contributed by atoms with E-state index in [2.05, 4.69) is 5.32 Å². The summed E-state index contributed by atoms with van der Waals surface area (Å²) in [5.74, 6) is -2.84. The quantitative estimate of drug-likeness (QED) is 0.782. The maximum atomic E-state index is 13.4. The Balaban J connectivity index is 2.01. The number of carbonyl (C=O) groups excluding carboxylic acids is 2. The smallest absolute Gasteiger partial charge is 0.467 e. The van der Waals surface area contributed by atoms with E-state index in [1.807, 2.05) is 0 Å². The van der Waals surface area contributed by atoms with Crippen LogP contribution in [0.3, 0.4) is 0 Å². The minimum absolute atomic E-state index is 0.0295. The first-order valence-corrected chi connectivity index (χ1v) is 9.58. The molecule has 1 aliphatic carbocycles. The third-order valence-corrected chi connectivity index (χ3v) is 5.04. The number of nitrogens with zero attached hydrogens (tertiary/aromatic N) is 1. The predicted molar refractivity (Wildman–Crippen MR) is 101 cm³/mol. The van der Waals surface area contributed by atoms with Crippen LogP contribution in [0, 0.1) is 6.92 Å². The second-order valence-corrected chi connectivity index (χ2v) is 7.27. The summed E-state index contributed by atoms with van der Waals surface area (Å²) in [5.41, 5.74) is 0.785. The molecule has 1 heterocycles. The summed E-state index contributed by atoms with van der Waals surface area (Å²) >= 11 is 0. The van der Waals surface area contributed by atoms with Crippen LogP contribution in [-0.4, -0.2) is 24.0 Å². The molecule has 1 fully saturated rings. The molecule has 0 bridgehead atoms. The Kier molecular flexibility index (Phi) is 6.30. The molecule has 1 saturated carbocycles. The van der Waals surface area contributed by atoms with Gasteiger partial charge in [-0.25, -0.2) is 0 Å². The van der Waals surface area contributed by atoms with Gasteiger partial charge in [0, 0.05) is 11.7 Å². The number of furan rings is 1. The van der Waals surface area contributed by atoms with Gasteiger partial charge in [0.2, 0.25) is 0 Å². The Hall–Kier alpha value is -2.77. The molecule has 0 saturated heterocycles. The lowest BCUT2D eigenvalue weighted by atomic mass is 9.95. The lowest BCUT2D eigenvalue weighted by Gasteiger charge is -2.32. The highest BCUT2D eigenvalue weighted by Crippen LogP contribution is 2.33. The zero-order valence-electron chi connectivity index (χ0n) is 16.0. The highest BCUT2D eigenvalue weighted by atomic mass is 19.4. The van der Waals surface area contributed by atoms with Crippen molar-refractivity contribution in [2.75, 3.05) is 4.90 Å². The van der Waals surface area contributed by atoms with Crippen LogP contribution in [0.4, 0.5) is 18.9 Å². The Morgan fingerprint density at radius 1 is 1.10 bits per heavy atom. The molecule has 5 nitrogen and oxygen atoms in total. The minimum atomic E-state index is -5.15. The van der Waals surface area contributed by atoms with E-state index in [4.69, 9.17) is 4.42 Å². The summed E-state index contributed by atoms with van der Waals surface area (Å²) in [4.78, 5) is 25.9. The van der Waals surface area contributed by atoms with E-state index in [1.165, 1.54) is 30.5 Å². The molecule has 156 valence electrons. The maximum absolute atomic E-state index is 13.4. The van der Waals surface area contributed by atoms with Gasteiger partial charge < -0.3 is 9.73 Å². The molecular formula is C21H23F3N2O3. The molecule has 0 spiro atoms. The number of hydrogen-bond donors (Lipinski definition) is 1. The topological polar surface area (TPSA) is 62.6 Å². The van der Waals surface area contributed by atoms with Crippen LogP contribution in [0.2, 0.25) is 0 Å². The van der Waals surface area contributed by atoms with Gasteiger partial charge in [-0.2, -0.15) is 13.2 Å². The Morgan fingerprint density at radius 2 is 1.76 bits per heavy atom. The Labute approximate surface area is 166 Å². The van der Waals surface area contributed by atoms with E-state index < -0.39 is 24.0 Å². The summed E-state index contributed by atoms with van der Waals surface area (Å²) in [7, 11) is 0. The number of rotatable bonds is 5. The standard InChI is InChI=1S/C21H23F3N2O3/c1-14-9-11-16(12-10-14)26(20(28)21(22,23)24)18(17-8-5-13-29-17)19(27)25-15-6-3-2-4-7-15/h5,8-13,15,18H,2-4,6-7H2,1H3,(H,25,27)/t18-/m0/s1. The van der Waals surface area contributed by atoms with Crippen molar-refractivity contribution in [2.45, 2.75) is 57.3 Å². The summed E-state index contributed by atoms with van der Waals surface area (Å²) < 4.78 is 45.6. The van der Waals surface area contributed by atoms with Crippen molar-refractivity contribution in [1.29, 1.82) is 0 Å². The van der Waals surface area contributed by atoms with Gasteiger partial charge in [-0.3, -0.25) is 14.5 Å². The van der Waals surface area contributed by atoms with Gasteiger partial charge in [-0.05, 0) is 44.0 Å². The van der Waals surface area contributed by atoms with Crippen molar-refractivity contribution in [2.24, 2.45) is 0 Å². The fraction of sp³-hybridized carbons (Fsp3) is 0.429. The number of amides is 2. The number of nitrogens with one attached hydrogen (secondary N) is 1. The fourth-order valence-corrected chi connectivity index (χ4v) is 3.57. The molecule has 1 N–H and O–H groups in total. The number of alkyl halides is 3. The summed E-state index contributed by atoms with van der Waals surface area (Å²) in [5, 5.41) is 2.81. The summed E-state index contributed by atoms with van der Waals surface area (Å²) in [6.07, 6.45) is 0.584. The first kappa shape index (κ1) is 21.0. The van der Waals surface area contributed by atoms with Crippen LogP contribution >= 0.6 is 0 Å². The number of benzene rings is 1.